The van der Waals surface area contributed by atoms with Crippen molar-refractivity contribution >= 4 is 53.9 Å². The smallest absolute Gasteiger partial charge is 0.123 e. The van der Waals surface area contributed by atoms with Gasteiger partial charge in [-0.2, -0.15) is 0 Å². The molecule has 221 valence electrons. The Balaban J connectivity index is 0.000000220. The van der Waals surface area contributed by atoms with E-state index >= 15 is 0 Å². The fourth-order valence-corrected chi connectivity index (χ4v) is 6.16. The van der Waals surface area contributed by atoms with Crippen molar-refractivity contribution in [2.24, 2.45) is 0 Å². The first kappa shape index (κ1) is 29.4. The molecular formula is C42H25FIrN2-2. The number of hydrogen-bond donors (Lipinski definition) is 0. The Bertz CT molecular complexity index is 2460. The van der Waals surface area contributed by atoms with Crippen LogP contribution in [0.2, 0.25) is 0 Å². The molecule has 0 unspecified atom stereocenters. The molecule has 2 aromatic heterocycles. The molecule has 46 heavy (non-hydrogen) atoms. The summed E-state index contributed by atoms with van der Waals surface area (Å²) in [7, 11) is 0. The van der Waals surface area contributed by atoms with Gasteiger partial charge >= 0.3 is 0 Å². The van der Waals surface area contributed by atoms with Gasteiger partial charge in [0.1, 0.15) is 5.82 Å². The molecule has 0 aliphatic heterocycles. The number of benzene rings is 7. The van der Waals surface area contributed by atoms with E-state index in [2.05, 4.69) is 77.8 Å². The molecule has 0 amide bonds. The molecule has 2 nitrogen and oxygen atoms in total. The van der Waals surface area contributed by atoms with Gasteiger partial charge in [-0.05, 0) is 73.4 Å². The van der Waals surface area contributed by atoms with E-state index in [1.165, 1.54) is 33.0 Å². The number of nitrogens with zero attached hydrogens (tertiary/aromatic N) is 2. The number of halogens is 1. The number of aromatic nitrogens is 2. The second-order valence-corrected chi connectivity index (χ2v) is 11.0. The first-order valence-corrected chi connectivity index (χ1v) is 14.8. The van der Waals surface area contributed by atoms with Crippen molar-refractivity contribution in [3.63, 3.8) is 0 Å². The number of pyridine rings is 2. The molecule has 4 heteroatoms. The topological polar surface area (TPSA) is 25.8 Å². The molecule has 0 atom stereocenters. The van der Waals surface area contributed by atoms with Gasteiger partial charge < -0.3 is 9.97 Å². The summed E-state index contributed by atoms with van der Waals surface area (Å²) < 4.78 is 13.7. The molecule has 0 spiro atoms. The average molecular weight is 769 g/mol. The van der Waals surface area contributed by atoms with E-state index in [9.17, 15) is 4.39 Å². The molecule has 0 bridgehead atoms. The minimum absolute atomic E-state index is 0. The monoisotopic (exact) mass is 769 g/mol. The summed E-state index contributed by atoms with van der Waals surface area (Å²) >= 11 is 0. The second-order valence-electron chi connectivity index (χ2n) is 11.0. The summed E-state index contributed by atoms with van der Waals surface area (Å²) in [5, 5.41) is 11.4. The summed E-state index contributed by atoms with van der Waals surface area (Å²) in [6.07, 6.45) is 3.67. The van der Waals surface area contributed by atoms with E-state index in [0.717, 1.165) is 49.4 Å². The summed E-state index contributed by atoms with van der Waals surface area (Å²) in [5.74, 6) is -0.220. The molecule has 2 heterocycles. The van der Waals surface area contributed by atoms with Gasteiger partial charge in [0.05, 0.1) is 0 Å². The summed E-state index contributed by atoms with van der Waals surface area (Å²) in [6.45, 7) is 0. The third-order valence-corrected chi connectivity index (χ3v) is 8.30. The van der Waals surface area contributed by atoms with E-state index in [1.807, 2.05) is 72.9 Å². The number of fused-ring (bicyclic) bond motifs is 8. The van der Waals surface area contributed by atoms with Gasteiger partial charge in [-0.15, -0.1) is 65.0 Å². The molecule has 1 radical (unpaired) electrons. The maximum absolute atomic E-state index is 13.7. The zero-order chi connectivity index (χ0) is 30.2. The zero-order valence-electron chi connectivity index (χ0n) is 24.5. The van der Waals surface area contributed by atoms with Gasteiger partial charge in [-0.3, -0.25) is 0 Å². The van der Waals surface area contributed by atoms with Gasteiger partial charge in [0.2, 0.25) is 0 Å². The normalized spacial score (nSPS) is 11.0. The largest absolute Gasteiger partial charge is 0.305 e. The van der Waals surface area contributed by atoms with Crippen LogP contribution in [0.5, 0.6) is 0 Å². The number of hydrogen-bond acceptors (Lipinski definition) is 2. The zero-order valence-corrected chi connectivity index (χ0v) is 26.9. The van der Waals surface area contributed by atoms with Gasteiger partial charge in [-0.25, -0.2) is 4.39 Å². The SMILES string of the molecule is Fc1ccc2c(ccc3cc(-c4nccc5c4ccc4c6ccccc6ccc54)[c-]cc32)c1.[Ir].[c-]1ccccc1-c1ccccn1. The quantitative estimate of drug-likeness (QED) is 0.129. The van der Waals surface area contributed by atoms with Crippen LogP contribution in [-0.4, -0.2) is 9.97 Å². The molecule has 0 aliphatic rings. The van der Waals surface area contributed by atoms with Gasteiger partial charge in [0, 0.05) is 32.5 Å². The van der Waals surface area contributed by atoms with Crippen molar-refractivity contribution in [3.05, 3.63) is 170 Å². The van der Waals surface area contributed by atoms with Crippen molar-refractivity contribution in [2.45, 2.75) is 0 Å². The van der Waals surface area contributed by atoms with Gasteiger partial charge in [0.25, 0.3) is 0 Å². The van der Waals surface area contributed by atoms with Gasteiger partial charge in [-0.1, -0.05) is 89.6 Å². The summed E-state index contributed by atoms with van der Waals surface area (Å²) in [4.78, 5) is 8.96. The van der Waals surface area contributed by atoms with Crippen LogP contribution in [0.3, 0.4) is 0 Å². The molecule has 9 rings (SSSR count). The summed E-state index contributed by atoms with van der Waals surface area (Å²) in [6, 6.07) is 52.7. The van der Waals surface area contributed by atoms with Crippen LogP contribution in [-0.2, 0) is 20.1 Å². The standard InChI is InChI=1S/C31H17FN.C11H8N.Ir/c32-23-9-12-26-21(18-23)6-5-20-17-22(8-10-25(20)26)31-30-14-13-27-24-4-2-1-3-19(24)7-11-28(27)29(30)15-16-33-31;1-2-6-10(7-3-1)11-8-4-5-9-12-11;/h1-7,9-18H;1-6,8-9H;/q2*-1;. The number of rotatable bonds is 2. The van der Waals surface area contributed by atoms with Crippen LogP contribution in [0.4, 0.5) is 4.39 Å². The van der Waals surface area contributed by atoms with Crippen molar-refractivity contribution in [1.82, 2.24) is 9.97 Å². The average Bonchev–Trinajstić information content (AvgIpc) is 3.11. The van der Waals surface area contributed by atoms with E-state index in [4.69, 9.17) is 4.98 Å². The van der Waals surface area contributed by atoms with Crippen LogP contribution in [0, 0.1) is 17.9 Å². The molecule has 0 saturated heterocycles. The van der Waals surface area contributed by atoms with Crippen molar-refractivity contribution < 1.29 is 24.5 Å². The van der Waals surface area contributed by atoms with E-state index in [0.29, 0.717) is 0 Å². The van der Waals surface area contributed by atoms with Crippen molar-refractivity contribution in [2.75, 3.05) is 0 Å². The van der Waals surface area contributed by atoms with E-state index < -0.39 is 0 Å². The minimum atomic E-state index is -0.220. The molecule has 0 aliphatic carbocycles. The Labute approximate surface area is 279 Å². The van der Waals surface area contributed by atoms with Crippen LogP contribution < -0.4 is 0 Å². The maximum atomic E-state index is 13.7. The second kappa shape index (κ2) is 12.6. The fraction of sp³-hybridized carbons (Fsp3) is 0. The maximum Gasteiger partial charge on any atom is 0.123 e. The molecule has 9 aromatic rings. The van der Waals surface area contributed by atoms with E-state index in [1.54, 1.807) is 12.3 Å². The molecule has 0 N–H and O–H groups in total. The third-order valence-electron chi connectivity index (χ3n) is 8.30. The van der Waals surface area contributed by atoms with Crippen LogP contribution in [0.15, 0.2) is 152 Å². The minimum Gasteiger partial charge on any atom is -0.305 e. The Morgan fingerprint density at radius 1 is 0.457 bits per heavy atom. The predicted molar refractivity (Wildman–Crippen MR) is 185 cm³/mol. The predicted octanol–water partition coefficient (Wildman–Crippen LogP) is 11.0. The molecule has 0 saturated carbocycles. The molecule has 7 aromatic carbocycles. The first-order valence-electron chi connectivity index (χ1n) is 14.8. The van der Waals surface area contributed by atoms with Crippen molar-refractivity contribution in [3.8, 4) is 22.5 Å². The Hall–Kier alpha value is -5.28. The Kier molecular flexibility index (Phi) is 8.07. The van der Waals surface area contributed by atoms with Crippen LogP contribution in [0.1, 0.15) is 0 Å². The Morgan fingerprint density at radius 3 is 2.00 bits per heavy atom. The summed E-state index contributed by atoms with van der Waals surface area (Å²) in [5.41, 5.74) is 3.88. The van der Waals surface area contributed by atoms with E-state index in [-0.39, 0.29) is 25.9 Å². The van der Waals surface area contributed by atoms with Gasteiger partial charge in [0.15, 0.2) is 0 Å². The van der Waals surface area contributed by atoms with Crippen molar-refractivity contribution in [1.29, 1.82) is 0 Å². The van der Waals surface area contributed by atoms with Crippen LogP contribution in [0.25, 0.3) is 76.4 Å². The molecule has 0 fully saturated rings. The third kappa shape index (κ3) is 5.43. The fourth-order valence-electron chi connectivity index (χ4n) is 6.16. The Morgan fingerprint density at radius 2 is 1.15 bits per heavy atom. The van der Waals surface area contributed by atoms with Crippen LogP contribution >= 0.6 is 0 Å². The molecular weight excluding hydrogens is 744 g/mol. The first-order chi connectivity index (χ1) is 22.2.